The molecule has 0 unspecified atom stereocenters. The lowest BCUT2D eigenvalue weighted by atomic mass is 10.2. The summed E-state index contributed by atoms with van der Waals surface area (Å²) in [4.78, 5) is 16.5. The zero-order valence-corrected chi connectivity index (χ0v) is 14.5. The fourth-order valence-electron chi connectivity index (χ4n) is 2.71. The van der Waals surface area contributed by atoms with E-state index < -0.39 is 4.92 Å². The maximum Gasteiger partial charge on any atom is 0.287 e. The standard InChI is InChI=1S/C17H19N5O2S/c23-22(24)15-7-8-16(18-12-15)20-17(25)19-11-13-3-5-14(6-4-13)21-9-1-2-10-21/h3-8,12H,1-2,9-11H2,(H2,18,19,20,25). The molecule has 7 nitrogen and oxygen atoms in total. The maximum atomic E-state index is 10.6. The Morgan fingerprint density at radius 2 is 1.92 bits per heavy atom. The Morgan fingerprint density at radius 3 is 2.52 bits per heavy atom. The van der Waals surface area contributed by atoms with Gasteiger partial charge in [-0.1, -0.05) is 12.1 Å². The van der Waals surface area contributed by atoms with Crippen molar-refractivity contribution in [1.82, 2.24) is 10.3 Å². The van der Waals surface area contributed by atoms with Gasteiger partial charge in [0.2, 0.25) is 0 Å². The van der Waals surface area contributed by atoms with Crippen LogP contribution in [0, 0.1) is 10.1 Å². The second kappa shape index (κ2) is 7.89. The number of nitrogens with one attached hydrogen (secondary N) is 2. The highest BCUT2D eigenvalue weighted by molar-refractivity contribution is 7.80. The number of hydrogen-bond acceptors (Lipinski definition) is 5. The van der Waals surface area contributed by atoms with Crippen molar-refractivity contribution < 1.29 is 4.92 Å². The predicted octanol–water partition coefficient (Wildman–Crippen LogP) is 3.08. The molecule has 1 aliphatic rings. The number of nitro groups is 1. The second-order valence-corrected chi connectivity index (χ2v) is 6.24. The van der Waals surface area contributed by atoms with Crippen LogP contribution >= 0.6 is 12.2 Å². The van der Waals surface area contributed by atoms with Crippen molar-refractivity contribution in [3.05, 3.63) is 58.3 Å². The van der Waals surface area contributed by atoms with Gasteiger partial charge in [-0.05, 0) is 48.8 Å². The van der Waals surface area contributed by atoms with E-state index in [4.69, 9.17) is 12.2 Å². The lowest BCUT2D eigenvalue weighted by Gasteiger charge is -2.18. The molecule has 0 spiro atoms. The molecule has 8 heteroatoms. The van der Waals surface area contributed by atoms with Crippen LogP contribution in [0.5, 0.6) is 0 Å². The Balaban J connectivity index is 1.49. The second-order valence-electron chi connectivity index (χ2n) is 5.83. The van der Waals surface area contributed by atoms with Gasteiger partial charge < -0.3 is 15.5 Å². The highest BCUT2D eigenvalue weighted by Gasteiger charge is 2.11. The minimum absolute atomic E-state index is 0.0532. The molecule has 1 aromatic carbocycles. The van der Waals surface area contributed by atoms with Crippen LogP contribution in [0.15, 0.2) is 42.6 Å². The summed E-state index contributed by atoms with van der Waals surface area (Å²) < 4.78 is 0. The highest BCUT2D eigenvalue weighted by Crippen LogP contribution is 2.20. The number of thiocarbonyl (C=S) groups is 1. The molecule has 1 saturated heterocycles. The molecule has 1 fully saturated rings. The van der Waals surface area contributed by atoms with E-state index >= 15 is 0 Å². The fraction of sp³-hybridized carbons (Fsp3) is 0.294. The van der Waals surface area contributed by atoms with Gasteiger partial charge in [-0.2, -0.15) is 0 Å². The number of hydrogen-bond donors (Lipinski definition) is 2. The van der Waals surface area contributed by atoms with Gasteiger partial charge in [0.15, 0.2) is 5.11 Å². The Bertz CT molecular complexity index is 743. The summed E-state index contributed by atoms with van der Waals surface area (Å²) in [7, 11) is 0. The summed E-state index contributed by atoms with van der Waals surface area (Å²) in [6.45, 7) is 2.86. The Hall–Kier alpha value is -2.74. The largest absolute Gasteiger partial charge is 0.372 e. The average Bonchev–Trinajstić information content (AvgIpc) is 3.15. The molecule has 0 radical (unpaired) electrons. The lowest BCUT2D eigenvalue weighted by Crippen LogP contribution is -2.28. The van der Waals surface area contributed by atoms with Gasteiger partial charge in [0.05, 0.1) is 4.92 Å². The Morgan fingerprint density at radius 1 is 1.20 bits per heavy atom. The van der Waals surface area contributed by atoms with Crippen molar-refractivity contribution in [2.75, 3.05) is 23.3 Å². The van der Waals surface area contributed by atoms with Crippen LogP contribution in [0.1, 0.15) is 18.4 Å². The van der Waals surface area contributed by atoms with Crippen molar-refractivity contribution in [3.63, 3.8) is 0 Å². The van der Waals surface area contributed by atoms with Crippen LogP contribution < -0.4 is 15.5 Å². The minimum Gasteiger partial charge on any atom is -0.372 e. The van der Waals surface area contributed by atoms with Crippen LogP contribution in [-0.2, 0) is 6.54 Å². The Labute approximate surface area is 151 Å². The van der Waals surface area contributed by atoms with Crippen LogP contribution in [-0.4, -0.2) is 28.1 Å². The van der Waals surface area contributed by atoms with Crippen molar-refractivity contribution in [2.45, 2.75) is 19.4 Å². The predicted molar refractivity (Wildman–Crippen MR) is 102 cm³/mol. The van der Waals surface area contributed by atoms with E-state index in [2.05, 4.69) is 44.8 Å². The van der Waals surface area contributed by atoms with Crippen LogP contribution in [0.2, 0.25) is 0 Å². The molecule has 1 aliphatic heterocycles. The first kappa shape index (κ1) is 17.1. The molecule has 0 amide bonds. The summed E-state index contributed by atoms with van der Waals surface area (Å²) in [6, 6.07) is 11.4. The first-order chi connectivity index (χ1) is 12.1. The molecular formula is C17H19N5O2S. The summed E-state index contributed by atoms with van der Waals surface area (Å²) >= 11 is 5.23. The topological polar surface area (TPSA) is 83.3 Å². The van der Waals surface area contributed by atoms with Gasteiger partial charge in [-0.3, -0.25) is 10.1 Å². The van der Waals surface area contributed by atoms with Crippen molar-refractivity contribution >= 4 is 34.5 Å². The van der Waals surface area contributed by atoms with Crippen molar-refractivity contribution in [1.29, 1.82) is 0 Å². The van der Waals surface area contributed by atoms with Crippen LogP contribution in [0.4, 0.5) is 17.2 Å². The summed E-state index contributed by atoms with van der Waals surface area (Å²) in [6.07, 6.45) is 3.72. The molecule has 0 atom stereocenters. The number of nitrogens with zero attached hydrogens (tertiary/aromatic N) is 3. The molecule has 0 aliphatic carbocycles. The molecule has 0 bridgehead atoms. The first-order valence-electron chi connectivity index (χ1n) is 8.11. The molecular weight excluding hydrogens is 338 g/mol. The lowest BCUT2D eigenvalue weighted by molar-refractivity contribution is -0.385. The third-order valence-corrected chi connectivity index (χ3v) is 4.31. The fourth-order valence-corrected chi connectivity index (χ4v) is 2.89. The van der Waals surface area contributed by atoms with Gasteiger partial charge in [-0.15, -0.1) is 0 Å². The number of rotatable bonds is 5. The summed E-state index contributed by atoms with van der Waals surface area (Å²) in [5, 5.41) is 17.0. The SMILES string of the molecule is O=[N+]([O-])c1ccc(NC(=S)NCc2ccc(N3CCCC3)cc2)nc1. The highest BCUT2D eigenvalue weighted by atomic mass is 32.1. The number of anilines is 2. The quantitative estimate of drug-likeness (QED) is 0.483. The summed E-state index contributed by atoms with van der Waals surface area (Å²) in [5.41, 5.74) is 2.34. The third kappa shape index (κ3) is 4.63. The monoisotopic (exact) mass is 357 g/mol. The first-order valence-corrected chi connectivity index (χ1v) is 8.52. The van der Waals surface area contributed by atoms with Gasteiger partial charge in [0, 0.05) is 31.4 Å². The zero-order valence-electron chi connectivity index (χ0n) is 13.6. The van der Waals surface area contributed by atoms with E-state index in [1.54, 1.807) is 0 Å². The zero-order chi connectivity index (χ0) is 17.6. The third-order valence-electron chi connectivity index (χ3n) is 4.06. The van der Waals surface area contributed by atoms with E-state index in [1.165, 1.54) is 36.9 Å². The molecule has 130 valence electrons. The average molecular weight is 357 g/mol. The van der Waals surface area contributed by atoms with E-state index in [1.807, 2.05) is 0 Å². The number of aromatic nitrogens is 1. The van der Waals surface area contributed by atoms with Gasteiger partial charge in [0.1, 0.15) is 12.0 Å². The molecule has 2 N–H and O–H groups in total. The normalized spacial score (nSPS) is 13.5. The van der Waals surface area contributed by atoms with Crippen molar-refractivity contribution in [3.8, 4) is 0 Å². The molecule has 3 rings (SSSR count). The van der Waals surface area contributed by atoms with Crippen molar-refractivity contribution in [2.24, 2.45) is 0 Å². The summed E-state index contributed by atoms with van der Waals surface area (Å²) in [5.74, 6) is 0.465. The van der Waals surface area contributed by atoms with Gasteiger partial charge in [0.25, 0.3) is 5.69 Å². The Kier molecular flexibility index (Phi) is 5.39. The van der Waals surface area contributed by atoms with Gasteiger partial charge >= 0.3 is 0 Å². The van der Waals surface area contributed by atoms with E-state index in [0.29, 0.717) is 17.5 Å². The van der Waals surface area contributed by atoms with Gasteiger partial charge in [-0.25, -0.2) is 4.98 Å². The molecule has 1 aromatic heterocycles. The number of pyridine rings is 1. The maximum absolute atomic E-state index is 10.6. The van der Waals surface area contributed by atoms with E-state index in [0.717, 1.165) is 18.7 Å². The minimum atomic E-state index is -0.487. The van der Waals surface area contributed by atoms with Crippen LogP contribution in [0.3, 0.4) is 0 Å². The molecule has 0 saturated carbocycles. The van der Waals surface area contributed by atoms with Crippen LogP contribution in [0.25, 0.3) is 0 Å². The smallest absolute Gasteiger partial charge is 0.287 e. The molecule has 2 aromatic rings. The van der Waals surface area contributed by atoms with E-state index in [-0.39, 0.29) is 5.69 Å². The van der Waals surface area contributed by atoms with E-state index in [9.17, 15) is 10.1 Å². The molecule has 2 heterocycles. The molecule has 25 heavy (non-hydrogen) atoms. The number of benzene rings is 1.